The van der Waals surface area contributed by atoms with Gasteiger partial charge >= 0.3 is 5.97 Å². The molecule has 0 bridgehead atoms. The molecule has 1 atom stereocenters. The van der Waals surface area contributed by atoms with E-state index in [-0.39, 0.29) is 29.4 Å². The molecule has 0 spiro atoms. The van der Waals surface area contributed by atoms with Crippen molar-refractivity contribution in [3.63, 3.8) is 0 Å². The molecule has 1 aliphatic heterocycles. The molecule has 3 rings (SSSR count). The fourth-order valence-electron chi connectivity index (χ4n) is 3.12. The Morgan fingerprint density at radius 3 is 2.60 bits per heavy atom. The lowest BCUT2D eigenvalue weighted by molar-refractivity contribution is -0.139. The summed E-state index contributed by atoms with van der Waals surface area (Å²) in [5.41, 5.74) is 6.89. The third-order valence-corrected chi connectivity index (χ3v) is 5.16. The van der Waals surface area contributed by atoms with Crippen LogP contribution >= 0.6 is 23.2 Å². The Morgan fingerprint density at radius 1 is 1.20 bits per heavy atom. The average Bonchev–Trinajstić information content (AvgIpc) is 2.70. The summed E-state index contributed by atoms with van der Waals surface area (Å²) >= 11 is 12.0. The predicted molar refractivity (Wildman–Crippen MR) is 113 cm³/mol. The third kappa shape index (κ3) is 4.38. The van der Waals surface area contributed by atoms with Gasteiger partial charge in [-0.3, -0.25) is 0 Å². The van der Waals surface area contributed by atoms with Crippen LogP contribution in [0.25, 0.3) is 0 Å². The zero-order valence-corrected chi connectivity index (χ0v) is 17.8. The number of hydrogen-bond acceptors (Lipinski definition) is 6. The minimum Gasteiger partial charge on any atom is -0.463 e. The molecule has 0 saturated carbocycles. The Kier molecular flexibility index (Phi) is 6.56. The van der Waals surface area contributed by atoms with Crippen molar-refractivity contribution in [1.82, 2.24) is 0 Å². The number of hydrogen-bond donors (Lipinski definition) is 1. The second-order valence-electron chi connectivity index (χ2n) is 6.37. The summed E-state index contributed by atoms with van der Waals surface area (Å²) < 4.78 is 16.5. The van der Waals surface area contributed by atoms with Crippen molar-refractivity contribution >= 4 is 29.2 Å². The van der Waals surface area contributed by atoms with E-state index >= 15 is 0 Å². The van der Waals surface area contributed by atoms with Crippen LogP contribution in [0.4, 0.5) is 0 Å². The van der Waals surface area contributed by atoms with Crippen LogP contribution < -0.4 is 10.5 Å². The van der Waals surface area contributed by atoms with E-state index in [4.69, 9.17) is 43.1 Å². The van der Waals surface area contributed by atoms with Crippen LogP contribution in [0.2, 0.25) is 10.0 Å². The number of nitriles is 1. The van der Waals surface area contributed by atoms with Gasteiger partial charge in [-0.15, -0.1) is 0 Å². The summed E-state index contributed by atoms with van der Waals surface area (Å²) in [7, 11) is 0. The number of nitrogens with zero attached hydrogens (tertiary/aromatic N) is 1. The van der Waals surface area contributed by atoms with Gasteiger partial charge in [0.05, 0.1) is 28.1 Å². The number of allylic oxidation sites excluding steroid dienone is 2. The Labute approximate surface area is 184 Å². The third-order valence-electron chi connectivity index (χ3n) is 4.42. The van der Waals surface area contributed by atoms with Gasteiger partial charge in [-0.05, 0) is 43.7 Å². The lowest BCUT2D eigenvalue weighted by Gasteiger charge is -2.27. The van der Waals surface area contributed by atoms with Crippen molar-refractivity contribution in [3.05, 3.63) is 80.9 Å². The Bertz CT molecular complexity index is 1100. The molecule has 2 aromatic rings. The zero-order valence-electron chi connectivity index (χ0n) is 16.2. The van der Waals surface area contributed by atoms with Gasteiger partial charge in [0.25, 0.3) is 0 Å². The van der Waals surface area contributed by atoms with Crippen LogP contribution in [-0.4, -0.2) is 12.6 Å². The molecule has 30 heavy (non-hydrogen) atoms. The maximum Gasteiger partial charge on any atom is 0.338 e. The van der Waals surface area contributed by atoms with Crippen LogP contribution in [0.3, 0.4) is 0 Å². The maximum atomic E-state index is 12.6. The van der Waals surface area contributed by atoms with Gasteiger partial charge in [0.15, 0.2) is 0 Å². The smallest absolute Gasteiger partial charge is 0.338 e. The molecule has 2 aromatic carbocycles. The summed E-state index contributed by atoms with van der Waals surface area (Å²) in [6, 6.07) is 13.9. The SMILES string of the molecule is CCOC(=O)C1=C(C)OC(N)=C(C#N)C1c1cccc(Oc2ccc(Cl)c(Cl)c2)c1. The number of benzene rings is 2. The second kappa shape index (κ2) is 9.12. The van der Waals surface area contributed by atoms with Gasteiger partial charge in [0.2, 0.25) is 5.88 Å². The van der Waals surface area contributed by atoms with E-state index in [2.05, 4.69) is 0 Å². The number of carbonyl (C=O) groups excluding carboxylic acids is 1. The fraction of sp³-hybridized carbons (Fsp3) is 0.182. The molecule has 1 unspecified atom stereocenters. The molecule has 0 radical (unpaired) electrons. The molecular formula is C22H18Cl2N2O4. The molecule has 0 amide bonds. The Balaban J connectivity index is 2.03. The van der Waals surface area contributed by atoms with Gasteiger partial charge in [-0.2, -0.15) is 5.26 Å². The number of nitrogens with two attached hydrogens (primary N) is 1. The Hall–Kier alpha value is -3.14. The first-order valence-electron chi connectivity index (χ1n) is 9.04. The normalized spacial score (nSPS) is 16.0. The minimum atomic E-state index is -0.750. The molecule has 154 valence electrons. The first kappa shape index (κ1) is 21.6. The van der Waals surface area contributed by atoms with E-state index in [1.165, 1.54) is 0 Å². The molecule has 1 heterocycles. The number of carbonyl (C=O) groups is 1. The molecule has 1 aliphatic rings. The summed E-state index contributed by atoms with van der Waals surface area (Å²) in [5, 5.41) is 10.4. The zero-order chi connectivity index (χ0) is 21.8. The molecular weight excluding hydrogens is 427 g/mol. The summed E-state index contributed by atoms with van der Waals surface area (Å²) in [4.78, 5) is 12.6. The summed E-state index contributed by atoms with van der Waals surface area (Å²) in [6.07, 6.45) is 0. The first-order chi connectivity index (χ1) is 14.3. The van der Waals surface area contributed by atoms with Crippen molar-refractivity contribution in [1.29, 1.82) is 5.26 Å². The first-order valence-corrected chi connectivity index (χ1v) is 9.79. The quantitative estimate of drug-likeness (QED) is 0.617. The van der Waals surface area contributed by atoms with Crippen LogP contribution in [0.1, 0.15) is 25.3 Å². The van der Waals surface area contributed by atoms with E-state index in [1.54, 1.807) is 56.3 Å². The second-order valence-corrected chi connectivity index (χ2v) is 7.18. The molecule has 0 aliphatic carbocycles. The number of ether oxygens (including phenoxy) is 3. The highest BCUT2D eigenvalue weighted by molar-refractivity contribution is 6.42. The average molecular weight is 445 g/mol. The van der Waals surface area contributed by atoms with E-state index in [0.29, 0.717) is 27.1 Å². The fourth-order valence-corrected chi connectivity index (χ4v) is 3.41. The van der Waals surface area contributed by atoms with Crippen molar-refractivity contribution in [2.24, 2.45) is 5.73 Å². The molecule has 0 fully saturated rings. The molecule has 6 nitrogen and oxygen atoms in total. The van der Waals surface area contributed by atoms with Crippen LogP contribution in [0.15, 0.2) is 65.3 Å². The van der Waals surface area contributed by atoms with E-state index in [1.807, 2.05) is 6.07 Å². The maximum absolute atomic E-state index is 12.6. The molecule has 0 aromatic heterocycles. The van der Waals surface area contributed by atoms with Gasteiger partial charge in [-0.25, -0.2) is 4.79 Å². The number of esters is 1. The van der Waals surface area contributed by atoms with Crippen molar-refractivity contribution < 1.29 is 19.0 Å². The van der Waals surface area contributed by atoms with Crippen molar-refractivity contribution in [3.8, 4) is 17.6 Å². The van der Waals surface area contributed by atoms with E-state index in [0.717, 1.165) is 0 Å². The number of halogens is 2. The van der Waals surface area contributed by atoms with Crippen LogP contribution in [0, 0.1) is 11.3 Å². The lowest BCUT2D eigenvalue weighted by atomic mass is 9.83. The van der Waals surface area contributed by atoms with Crippen LogP contribution in [0.5, 0.6) is 11.5 Å². The highest BCUT2D eigenvalue weighted by Crippen LogP contribution is 2.41. The highest BCUT2D eigenvalue weighted by Gasteiger charge is 2.36. The minimum absolute atomic E-state index is 0.0520. The molecule has 8 heteroatoms. The summed E-state index contributed by atoms with van der Waals surface area (Å²) in [5.74, 6) is -0.124. The summed E-state index contributed by atoms with van der Waals surface area (Å²) in [6.45, 7) is 3.49. The topological polar surface area (TPSA) is 94.6 Å². The predicted octanol–water partition coefficient (Wildman–Crippen LogP) is 5.43. The molecule has 0 saturated heterocycles. The van der Waals surface area contributed by atoms with E-state index < -0.39 is 11.9 Å². The lowest BCUT2D eigenvalue weighted by Crippen LogP contribution is -2.25. The largest absolute Gasteiger partial charge is 0.463 e. The van der Waals surface area contributed by atoms with Gasteiger partial charge in [-0.1, -0.05) is 35.3 Å². The molecule has 2 N–H and O–H groups in total. The van der Waals surface area contributed by atoms with Gasteiger partial charge < -0.3 is 19.9 Å². The van der Waals surface area contributed by atoms with E-state index in [9.17, 15) is 10.1 Å². The Morgan fingerprint density at radius 2 is 1.93 bits per heavy atom. The van der Waals surface area contributed by atoms with Gasteiger partial charge in [0, 0.05) is 6.07 Å². The van der Waals surface area contributed by atoms with Crippen molar-refractivity contribution in [2.45, 2.75) is 19.8 Å². The van der Waals surface area contributed by atoms with Gasteiger partial charge in [0.1, 0.15) is 28.9 Å². The van der Waals surface area contributed by atoms with Crippen LogP contribution in [-0.2, 0) is 14.3 Å². The monoisotopic (exact) mass is 444 g/mol. The van der Waals surface area contributed by atoms with Crippen molar-refractivity contribution in [2.75, 3.05) is 6.61 Å². The number of rotatable bonds is 5. The standard InChI is InChI=1S/C22H18Cl2N2O4/c1-3-28-22(27)19-12(2)29-21(26)16(11-25)20(19)13-5-4-6-14(9-13)30-15-7-8-17(23)18(24)10-15/h4-10,20H,3,26H2,1-2H3. The highest BCUT2D eigenvalue weighted by atomic mass is 35.5.